The van der Waals surface area contributed by atoms with Gasteiger partial charge in [-0.15, -0.1) is 19.6 Å². The smallest absolute Gasteiger partial charge is 0.406 e. The number of piperidine rings is 1. The van der Waals surface area contributed by atoms with Crippen molar-refractivity contribution < 1.29 is 23.0 Å². The van der Waals surface area contributed by atoms with Crippen molar-refractivity contribution >= 4 is 17.6 Å². The summed E-state index contributed by atoms with van der Waals surface area (Å²) in [5.41, 5.74) is 0.237. The highest BCUT2D eigenvalue weighted by Crippen LogP contribution is 2.31. The molecule has 2 heterocycles. The van der Waals surface area contributed by atoms with Crippen LogP contribution >= 0.6 is 11.8 Å². The van der Waals surface area contributed by atoms with E-state index in [4.69, 9.17) is 6.42 Å². The molecule has 0 saturated carbocycles. The summed E-state index contributed by atoms with van der Waals surface area (Å²) in [4.78, 5) is 7.47. The number of nitrogens with zero attached hydrogens (tertiary/aromatic N) is 2. The van der Waals surface area contributed by atoms with Crippen molar-refractivity contribution in [2.24, 2.45) is 10.9 Å². The molecule has 0 aromatic heterocycles. The lowest BCUT2D eigenvalue weighted by Crippen LogP contribution is -2.32. The Kier molecular flexibility index (Phi) is 7.11. The monoisotopic (exact) mass is 425 g/mol. The standard InChI is InChI=1S/C20H22F3N3O2S/c1-2-9-24-18-17(29-19(27)25-18)12-14-7-10-26(11-8-14)13-15-3-5-16(6-4-15)28-20(21,22)23/h1,3-6,12,14,19,27H,7-11,13H2,(H,24,25)/b17-12-. The van der Waals surface area contributed by atoms with E-state index in [0.717, 1.165) is 36.4 Å². The first-order chi connectivity index (χ1) is 13.8. The zero-order valence-corrected chi connectivity index (χ0v) is 16.5. The highest BCUT2D eigenvalue weighted by Gasteiger charge is 2.31. The molecular formula is C20H22F3N3O2S. The molecule has 156 valence electrons. The summed E-state index contributed by atoms with van der Waals surface area (Å²) in [6.45, 7) is 2.71. The molecule has 3 rings (SSSR count). The number of amidine groups is 1. The van der Waals surface area contributed by atoms with Crippen molar-refractivity contribution in [2.45, 2.75) is 31.3 Å². The molecule has 1 unspecified atom stereocenters. The van der Waals surface area contributed by atoms with Crippen molar-refractivity contribution in [2.75, 3.05) is 19.6 Å². The van der Waals surface area contributed by atoms with E-state index in [1.54, 1.807) is 12.1 Å². The molecule has 0 amide bonds. The van der Waals surface area contributed by atoms with Crippen molar-refractivity contribution in [3.8, 4) is 18.1 Å². The predicted octanol–water partition coefficient (Wildman–Crippen LogP) is 3.33. The number of allylic oxidation sites excluding steroid dienone is 1. The van der Waals surface area contributed by atoms with Gasteiger partial charge in [-0.25, -0.2) is 0 Å². The molecule has 0 aliphatic carbocycles. The maximum atomic E-state index is 12.2. The number of thioether (sulfide) groups is 1. The lowest BCUT2D eigenvalue weighted by molar-refractivity contribution is -0.274. The first kappa shape index (κ1) is 21.6. The number of ether oxygens (including phenoxy) is 1. The fourth-order valence-corrected chi connectivity index (χ4v) is 4.22. The summed E-state index contributed by atoms with van der Waals surface area (Å²) >= 11 is 1.33. The number of likely N-dealkylation sites (tertiary alicyclic amines) is 1. The molecule has 0 spiro atoms. The van der Waals surface area contributed by atoms with E-state index in [1.165, 1.54) is 23.9 Å². The van der Waals surface area contributed by atoms with E-state index in [2.05, 4.69) is 31.9 Å². The highest BCUT2D eigenvalue weighted by molar-refractivity contribution is 8.04. The van der Waals surface area contributed by atoms with Crippen molar-refractivity contribution in [1.29, 1.82) is 0 Å². The number of nitrogens with one attached hydrogen (secondary N) is 1. The molecule has 2 aliphatic heterocycles. The maximum absolute atomic E-state index is 12.2. The molecular weight excluding hydrogens is 403 g/mol. The number of aliphatic hydroxyl groups is 1. The molecule has 0 radical (unpaired) electrons. The Morgan fingerprint density at radius 1 is 1.31 bits per heavy atom. The van der Waals surface area contributed by atoms with Gasteiger partial charge < -0.3 is 15.2 Å². The van der Waals surface area contributed by atoms with Gasteiger partial charge in [0.1, 0.15) is 18.1 Å². The number of hydrogen-bond donors (Lipinski definition) is 2. The van der Waals surface area contributed by atoms with Crippen LogP contribution in [0.4, 0.5) is 13.2 Å². The summed E-state index contributed by atoms with van der Waals surface area (Å²) in [5.74, 6) is 3.27. The number of hydrogen-bond acceptors (Lipinski definition) is 5. The number of rotatable bonds is 5. The fourth-order valence-electron chi connectivity index (χ4n) is 3.31. The Morgan fingerprint density at radius 3 is 2.62 bits per heavy atom. The summed E-state index contributed by atoms with van der Waals surface area (Å²) in [6.07, 6.45) is 4.63. The first-order valence-electron chi connectivity index (χ1n) is 9.21. The summed E-state index contributed by atoms with van der Waals surface area (Å²) in [5, 5.41) is 12.7. The van der Waals surface area contributed by atoms with Crippen LogP contribution in [0.5, 0.6) is 5.75 Å². The zero-order valence-electron chi connectivity index (χ0n) is 15.7. The Morgan fingerprint density at radius 2 is 2.00 bits per heavy atom. The number of halogens is 3. The van der Waals surface area contributed by atoms with Crippen LogP contribution in [0, 0.1) is 18.3 Å². The summed E-state index contributed by atoms with van der Waals surface area (Å²) in [6, 6.07) is 6.00. The van der Waals surface area contributed by atoms with Gasteiger partial charge in [0.15, 0.2) is 5.56 Å². The molecule has 2 saturated heterocycles. The fraction of sp³-hybridized carbons (Fsp3) is 0.450. The number of benzene rings is 1. The van der Waals surface area contributed by atoms with E-state index >= 15 is 0 Å². The number of aliphatic imine (C=N–C) groups is 1. The third-order valence-corrected chi connectivity index (χ3v) is 5.57. The Balaban J connectivity index is 1.51. The molecule has 1 aromatic carbocycles. The molecule has 5 nitrogen and oxygen atoms in total. The van der Waals surface area contributed by atoms with Gasteiger partial charge in [0.2, 0.25) is 0 Å². The van der Waals surface area contributed by atoms with Crippen molar-refractivity contribution in [3.63, 3.8) is 0 Å². The van der Waals surface area contributed by atoms with E-state index < -0.39 is 11.9 Å². The van der Waals surface area contributed by atoms with Gasteiger partial charge >= 0.3 is 6.36 Å². The quantitative estimate of drug-likeness (QED) is 0.709. The van der Waals surface area contributed by atoms with Gasteiger partial charge in [0.05, 0.1) is 4.91 Å². The normalized spacial score (nSPS) is 23.9. The molecule has 9 heteroatoms. The van der Waals surface area contributed by atoms with Crippen LogP contribution in [0.2, 0.25) is 0 Å². The summed E-state index contributed by atoms with van der Waals surface area (Å²) in [7, 11) is 0. The SMILES string of the molecule is C#CCN=C1NC(O)S/C1=C\C1CCN(Cc2ccc(OC(F)(F)F)cc2)CC1. The average molecular weight is 425 g/mol. The van der Waals surface area contributed by atoms with Gasteiger partial charge in [-0.05, 0) is 49.5 Å². The number of terminal acetylenes is 1. The third kappa shape index (κ3) is 6.70. The van der Waals surface area contributed by atoms with Crippen LogP contribution in [0.25, 0.3) is 0 Å². The largest absolute Gasteiger partial charge is 0.573 e. The number of alkyl halides is 3. The van der Waals surface area contributed by atoms with E-state index in [-0.39, 0.29) is 12.3 Å². The van der Waals surface area contributed by atoms with Crippen LogP contribution in [0.15, 0.2) is 40.2 Å². The van der Waals surface area contributed by atoms with E-state index in [0.29, 0.717) is 18.3 Å². The van der Waals surface area contributed by atoms with Crippen molar-refractivity contribution in [3.05, 3.63) is 40.8 Å². The Labute approximate surface area is 172 Å². The molecule has 2 N–H and O–H groups in total. The molecule has 0 bridgehead atoms. The topological polar surface area (TPSA) is 57.1 Å². The minimum atomic E-state index is -4.67. The van der Waals surface area contributed by atoms with Gasteiger partial charge in [0, 0.05) is 6.54 Å². The second-order valence-corrected chi connectivity index (χ2v) is 7.94. The average Bonchev–Trinajstić information content (AvgIpc) is 3.01. The minimum absolute atomic E-state index is 0.209. The minimum Gasteiger partial charge on any atom is -0.406 e. The molecule has 1 atom stereocenters. The van der Waals surface area contributed by atoms with Crippen LogP contribution < -0.4 is 10.1 Å². The second kappa shape index (κ2) is 9.57. The van der Waals surface area contributed by atoms with Gasteiger partial charge in [-0.1, -0.05) is 35.9 Å². The first-order valence-corrected chi connectivity index (χ1v) is 10.1. The van der Waals surface area contributed by atoms with Crippen LogP contribution in [-0.4, -0.2) is 47.4 Å². The second-order valence-electron chi connectivity index (χ2n) is 6.82. The third-order valence-electron chi connectivity index (χ3n) is 4.64. The zero-order chi connectivity index (χ0) is 20.9. The maximum Gasteiger partial charge on any atom is 0.573 e. The molecule has 29 heavy (non-hydrogen) atoms. The lowest BCUT2D eigenvalue weighted by Gasteiger charge is -2.31. The van der Waals surface area contributed by atoms with Crippen molar-refractivity contribution in [1.82, 2.24) is 10.2 Å². The molecule has 2 aliphatic rings. The summed E-state index contributed by atoms with van der Waals surface area (Å²) < 4.78 is 40.6. The molecule has 1 aromatic rings. The lowest BCUT2D eigenvalue weighted by atomic mass is 9.96. The molecule has 2 fully saturated rings. The van der Waals surface area contributed by atoms with Gasteiger partial charge in [-0.2, -0.15) is 0 Å². The van der Waals surface area contributed by atoms with Crippen LogP contribution in [0.3, 0.4) is 0 Å². The van der Waals surface area contributed by atoms with Gasteiger partial charge in [0.25, 0.3) is 0 Å². The van der Waals surface area contributed by atoms with Gasteiger partial charge in [-0.3, -0.25) is 9.89 Å². The highest BCUT2D eigenvalue weighted by atomic mass is 32.2. The van der Waals surface area contributed by atoms with E-state index in [9.17, 15) is 18.3 Å². The van der Waals surface area contributed by atoms with Crippen LogP contribution in [0.1, 0.15) is 18.4 Å². The predicted molar refractivity (Wildman–Crippen MR) is 107 cm³/mol. The Bertz CT molecular complexity index is 795. The van der Waals surface area contributed by atoms with Crippen LogP contribution in [-0.2, 0) is 6.54 Å². The van der Waals surface area contributed by atoms with E-state index in [1.807, 2.05) is 0 Å². The number of aliphatic hydroxyl groups excluding tert-OH is 1. The Hall–Kier alpha value is -2.15.